The molecule has 0 aliphatic heterocycles. The van der Waals surface area contributed by atoms with Crippen LogP contribution in [0.2, 0.25) is 0 Å². The van der Waals surface area contributed by atoms with E-state index >= 15 is 0 Å². The van der Waals surface area contributed by atoms with Gasteiger partial charge in [0.25, 0.3) is 0 Å². The first-order chi connectivity index (χ1) is 8.49. The zero-order chi connectivity index (χ0) is 13.7. The number of aliphatic carboxylic acids is 1. The molecule has 1 rings (SSSR count). The zero-order valence-corrected chi connectivity index (χ0v) is 12.3. The van der Waals surface area contributed by atoms with Gasteiger partial charge in [0.15, 0.2) is 0 Å². The van der Waals surface area contributed by atoms with Gasteiger partial charge in [-0.15, -0.1) is 0 Å². The quantitative estimate of drug-likeness (QED) is 0.847. The van der Waals surface area contributed by atoms with Crippen LogP contribution in [0.5, 0.6) is 5.75 Å². The fourth-order valence-electron chi connectivity index (χ4n) is 1.83. The minimum atomic E-state index is -0.788. The maximum absolute atomic E-state index is 10.9. The molecule has 18 heavy (non-hydrogen) atoms. The number of methoxy groups -OCH3 is 1. The van der Waals surface area contributed by atoms with Gasteiger partial charge >= 0.3 is 5.97 Å². The smallest absolute Gasteiger partial charge is 0.306 e. The van der Waals surface area contributed by atoms with Crippen molar-refractivity contribution in [3.8, 4) is 5.75 Å². The van der Waals surface area contributed by atoms with Gasteiger partial charge in [-0.1, -0.05) is 22.9 Å². The van der Waals surface area contributed by atoms with Crippen molar-refractivity contribution in [2.24, 2.45) is 5.92 Å². The maximum Gasteiger partial charge on any atom is 0.306 e. The van der Waals surface area contributed by atoms with E-state index in [0.29, 0.717) is 6.42 Å². The summed E-state index contributed by atoms with van der Waals surface area (Å²) in [6, 6.07) is 5.67. The number of rotatable bonds is 6. The monoisotopic (exact) mass is 315 g/mol. The first-order valence-electron chi connectivity index (χ1n) is 5.73. The van der Waals surface area contributed by atoms with Crippen LogP contribution in [0.25, 0.3) is 0 Å². The molecule has 0 fully saturated rings. The lowest BCUT2D eigenvalue weighted by Crippen LogP contribution is -2.23. The first-order valence-corrected chi connectivity index (χ1v) is 6.52. The molecule has 0 saturated carbocycles. The molecule has 0 radical (unpaired) electrons. The predicted molar refractivity (Wildman–Crippen MR) is 73.9 cm³/mol. The topological polar surface area (TPSA) is 58.6 Å². The van der Waals surface area contributed by atoms with E-state index in [-0.39, 0.29) is 6.04 Å². The van der Waals surface area contributed by atoms with Gasteiger partial charge in [-0.05, 0) is 31.7 Å². The molecule has 100 valence electrons. The molecule has 0 aliphatic carbocycles. The molecule has 1 aromatic carbocycles. The molecule has 2 unspecified atom stereocenters. The highest BCUT2D eigenvalue weighted by atomic mass is 79.9. The summed E-state index contributed by atoms with van der Waals surface area (Å²) >= 11 is 3.42. The molecule has 0 saturated heterocycles. The van der Waals surface area contributed by atoms with Crippen LogP contribution in [-0.2, 0) is 4.79 Å². The second-order valence-corrected chi connectivity index (χ2v) is 5.12. The van der Waals surface area contributed by atoms with E-state index in [0.717, 1.165) is 15.8 Å². The highest BCUT2D eigenvalue weighted by Gasteiger charge is 2.21. The summed E-state index contributed by atoms with van der Waals surface area (Å²) in [5.41, 5.74) is 0.961. The lowest BCUT2D eigenvalue weighted by atomic mass is 9.95. The Morgan fingerprint density at radius 1 is 1.56 bits per heavy atom. The number of benzene rings is 1. The number of carboxylic acids is 1. The fourth-order valence-corrected chi connectivity index (χ4v) is 2.21. The van der Waals surface area contributed by atoms with Crippen LogP contribution in [0.1, 0.15) is 24.9 Å². The van der Waals surface area contributed by atoms with Crippen LogP contribution in [0.15, 0.2) is 22.7 Å². The van der Waals surface area contributed by atoms with E-state index in [4.69, 9.17) is 9.84 Å². The molecule has 2 N–H and O–H groups in total. The SMILES string of the molecule is CNC(CC(C)C(=O)O)c1cc(Br)ccc1OC. The van der Waals surface area contributed by atoms with E-state index in [1.807, 2.05) is 25.2 Å². The summed E-state index contributed by atoms with van der Waals surface area (Å²) < 4.78 is 6.26. The number of hydrogen-bond acceptors (Lipinski definition) is 3. The van der Waals surface area contributed by atoms with Crippen LogP contribution < -0.4 is 10.1 Å². The predicted octanol–water partition coefficient (Wildman–Crippen LogP) is 2.83. The zero-order valence-electron chi connectivity index (χ0n) is 10.7. The molecule has 0 amide bonds. The number of nitrogens with one attached hydrogen (secondary N) is 1. The second kappa shape index (κ2) is 6.75. The molecule has 0 heterocycles. The van der Waals surface area contributed by atoms with Gasteiger partial charge < -0.3 is 15.2 Å². The number of carboxylic acid groups (broad SMARTS) is 1. The van der Waals surface area contributed by atoms with Crippen molar-refractivity contribution >= 4 is 21.9 Å². The lowest BCUT2D eigenvalue weighted by Gasteiger charge is -2.21. The average molecular weight is 316 g/mol. The third-order valence-corrected chi connectivity index (χ3v) is 3.42. The van der Waals surface area contributed by atoms with Crippen molar-refractivity contribution in [1.29, 1.82) is 0 Å². The molecule has 0 bridgehead atoms. The van der Waals surface area contributed by atoms with Crippen molar-refractivity contribution in [2.75, 3.05) is 14.2 Å². The van der Waals surface area contributed by atoms with E-state index in [9.17, 15) is 4.79 Å². The maximum atomic E-state index is 10.9. The number of ether oxygens (including phenoxy) is 1. The van der Waals surface area contributed by atoms with Crippen LogP contribution in [0.4, 0.5) is 0 Å². The van der Waals surface area contributed by atoms with E-state index in [1.165, 1.54) is 0 Å². The van der Waals surface area contributed by atoms with E-state index in [1.54, 1.807) is 14.0 Å². The minimum absolute atomic E-state index is 0.0523. The van der Waals surface area contributed by atoms with Crippen LogP contribution >= 0.6 is 15.9 Å². The highest BCUT2D eigenvalue weighted by molar-refractivity contribution is 9.10. The summed E-state index contributed by atoms with van der Waals surface area (Å²) in [5, 5.41) is 12.1. The van der Waals surface area contributed by atoms with Crippen molar-refractivity contribution < 1.29 is 14.6 Å². The Balaban J connectivity index is 3.00. The Bertz CT molecular complexity index is 423. The third kappa shape index (κ3) is 3.71. The van der Waals surface area contributed by atoms with Gasteiger partial charge in [-0.3, -0.25) is 4.79 Å². The number of carbonyl (C=O) groups is 1. The average Bonchev–Trinajstić information content (AvgIpc) is 2.35. The number of hydrogen-bond donors (Lipinski definition) is 2. The summed E-state index contributed by atoms with van der Waals surface area (Å²) in [6.07, 6.45) is 0.513. The Labute approximate surface area is 115 Å². The van der Waals surface area contributed by atoms with Crippen molar-refractivity contribution in [1.82, 2.24) is 5.32 Å². The Hall–Kier alpha value is -1.07. The summed E-state index contributed by atoms with van der Waals surface area (Å²) in [7, 11) is 3.43. The Morgan fingerprint density at radius 3 is 2.72 bits per heavy atom. The molecular formula is C13H18BrNO3. The highest BCUT2D eigenvalue weighted by Crippen LogP contribution is 2.31. The van der Waals surface area contributed by atoms with Crippen LogP contribution in [0, 0.1) is 5.92 Å². The van der Waals surface area contributed by atoms with Gasteiger partial charge in [0.2, 0.25) is 0 Å². The van der Waals surface area contributed by atoms with Crippen molar-refractivity contribution in [2.45, 2.75) is 19.4 Å². The van der Waals surface area contributed by atoms with Crippen LogP contribution in [0.3, 0.4) is 0 Å². The molecule has 0 spiro atoms. The molecule has 2 atom stereocenters. The first kappa shape index (κ1) is 15.0. The second-order valence-electron chi connectivity index (χ2n) is 4.20. The molecule has 4 nitrogen and oxygen atoms in total. The van der Waals surface area contributed by atoms with Gasteiger partial charge in [0, 0.05) is 16.1 Å². The Kier molecular flexibility index (Phi) is 5.62. The standard InChI is InChI=1S/C13H18BrNO3/c1-8(13(16)17)6-11(15-2)10-7-9(14)4-5-12(10)18-3/h4-5,7-8,11,15H,6H2,1-3H3,(H,16,17). The third-order valence-electron chi connectivity index (χ3n) is 2.93. The minimum Gasteiger partial charge on any atom is -0.496 e. The van der Waals surface area contributed by atoms with Crippen LogP contribution in [-0.4, -0.2) is 25.2 Å². The molecule has 5 heteroatoms. The Morgan fingerprint density at radius 2 is 2.22 bits per heavy atom. The molecular weight excluding hydrogens is 298 g/mol. The van der Waals surface area contributed by atoms with Gasteiger partial charge in [0.05, 0.1) is 13.0 Å². The fraction of sp³-hybridized carbons (Fsp3) is 0.462. The molecule has 1 aromatic rings. The molecule has 0 aromatic heterocycles. The summed E-state index contributed by atoms with van der Waals surface area (Å²) in [4.78, 5) is 10.9. The molecule has 0 aliphatic rings. The van der Waals surface area contributed by atoms with Gasteiger partial charge in [0.1, 0.15) is 5.75 Å². The van der Waals surface area contributed by atoms with Gasteiger partial charge in [-0.25, -0.2) is 0 Å². The van der Waals surface area contributed by atoms with Gasteiger partial charge in [-0.2, -0.15) is 0 Å². The van der Waals surface area contributed by atoms with E-state index in [2.05, 4.69) is 21.2 Å². The largest absolute Gasteiger partial charge is 0.496 e. The van der Waals surface area contributed by atoms with Crippen molar-refractivity contribution in [3.05, 3.63) is 28.2 Å². The van der Waals surface area contributed by atoms with E-state index < -0.39 is 11.9 Å². The van der Waals surface area contributed by atoms with Crippen molar-refractivity contribution in [3.63, 3.8) is 0 Å². The normalized spacial score (nSPS) is 14.0. The summed E-state index contributed by atoms with van der Waals surface area (Å²) in [6.45, 7) is 1.71. The summed E-state index contributed by atoms with van der Waals surface area (Å²) in [5.74, 6) is -0.439. The lowest BCUT2D eigenvalue weighted by molar-refractivity contribution is -0.141. The number of halogens is 1.